The van der Waals surface area contributed by atoms with Gasteiger partial charge < -0.3 is 14.4 Å². The van der Waals surface area contributed by atoms with Crippen molar-refractivity contribution in [3.05, 3.63) is 46.8 Å². The van der Waals surface area contributed by atoms with Crippen molar-refractivity contribution in [2.75, 3.05) is 13.2 Å². The summed E-state index contributed by atoms with van der Waals surface area (Å²) in [5.74, 6) is 0.714. The highest BCUT2D eigenvalue weighted by atomic mass is 32.1. The molecule has 0 bridgehead atoms. The van der Waals surface area contributed by atoms with Crippen LogP contribution in [0.25, 0.3) is 0 Å². The summed E-state index contributed by atoms with van der Waals surface area (Å²) >= 11 is 1.55. The fourth-order valence-electron chi connectivity index (χ4n) is 3.42. The summed E-state index contributed by atoms with van der Waals surface area (Å²) in [5.41, 5.74) is 0.768. The van der Waals surface area contributed by atoms with Crippen molar-refractivity contribution in [1.82, 2.24) is 9.88 Å². The summed E-state index contributed by atoms with van der Waals surface area (Å²) in [6.07, 6.45) is 3.37. The molecule has 1 saturated heterocycles. The van der Waals surface area contributed by atoms with E-state index >= 15 is 0 Å². The Labute approximate surface area is 138 Å². The van der Waals surface area contributed by atoms with Gasteiger partial charge in [0.15, 0.2) is 0 Å². The van der Waals surface area contributed by atoms with E-state index in [1.54, 1.807) is 17.5 Å². The smallest absolute Gasteiger partial charge is 0.255 e. The first-order valence-corrected chi connectivity index (χ1v) is 8.79. The van der Waals surface area contributed by atoms with Crippen molar-refractivity contribution in [2.24, 2.45) is 0 Å². The molecule has 4 rings (SSSR count). The van der Waals surface area contributed by atoms with Crippen LogP contribution in [0.4, 0.5) is 0 Å². The van der Waals surface area contributed by atoms with Crippen LogP contribution in [0.5, 0.6) is 5.88 Å². The molecule has 5 nitrogen and oxygen atoms in total. The molecule has 1 aliphatic carbocycles. The van der Waals surface area contributed by atoms with Gasteiger partial charge >= 0.3 is 0 Å². The lowest BCUT2D eigenvalue weighted by Crippen LogP contribution is -2.54. The molecular formula is C17H18N2O3S. The Bertz CT molecular complexity index is 662. The van der Waals surface area contributed by atoms with Gasteiger partial charge in [0, 0.05) is 24.2 Å². The van der Waals surface area contributed by atoms with Gasteiger partial charge in [-0.3, -0.25) is 4.79 Å². The maximum absolute atomic E-state index is 12.7. The number of ether oxygens (including phenoxy) is 2. The summed E-state index contributed by atoms with van der Waals surface area (Å²) in [7, 11) is 0. The summed E-state index contributed by atoms with van der Waals surface area (Å²) in [6.45, 7) is 1.20. The maximum atomic E-state index is 12.7. The minimum Gasteiger partial charge on any atom is -0.471 e. The van der Waals surface area contributed by atoms with Crippen LogP contribution in [0.1, 0.15) is 23.2 Å². The van der Waals surface area contributed by atoms with Gasteiger partial charge in [-0.05, 0) is 30.4 Å². The topological polar surface area (TPSA) is 51.7 Å². The standard InChI is InChI=1S/C17H18N2O3S/c20-17(12-6-10-23-11-12)19-8-9-21-16-13(19)4-5-14(16)22-15-3-1-2-7-18-15/h1-3,6-7,10-11,13-14,16H,4-5,8-9H2/t13-,14-,16+/m1/s1. The summed E-state index contributed by atoms with van der Waals surface area (Å²) in [4.78, 5) is 18.9. The fourth-order valence-corrected chi connectivity index (χ4v) is 4.05. The zero-order valence-corrected chi connectivity index (χ0v) is 13.4. The second-order valence-electron chi connectivity index (χ2n) is 5.81. The fraction of sp³-hybridized carbons (Fsp3) is 0.412. The maximum Gasteiger partial charge on any atom is 0.255 e. The predicted octanol–water partition coefficient (Wildman–Crippen LogP) is 2.59. The van der Waals surface area contributed by atoms with Crippen LogP contribution in [0, 0.1) is 0 Å². The number of aromatic nitrogens is 1. The van der Waals surface area contributed by atoms with Gasteiger partial charge in [0.05, 0.1) is 18.2 Å². The van der Waals surface area contributed by atoms with E-state index in [4.69, 9.17) is 9.47 Å². The Morgan fingerprint density at radius 3 is 3.09 bits per heavy atom. The first-order valence-electron chi connectivity index (χ1n) is 7.85. The Balaban J connectivity index is 1.49. The molecule has 3 atom stereocenters. The molecule has 0 radical (unpaired) electrons. The van der Waals surface area contributed by atoms with Crippen LogP contribution in [-0.2, 0) is 4.74 Å². The van der Waals surface area contributed by atoms with Crippen molar-refractivity contribution in [1.29, 1.82) is 0 Å². The minimum absolute atomic E-state index is 0.0482. The number of carbonyl (C=O) groups is 1. The molecule has 2 fully saturated rings. The van der Waals surface area contributed by atoms with E-state index in [2.05, 4.69) is 4.98 Å². The zero-order valence-electron chi connectivity index (χ0n) is 12.6. The molecule has 120 valence electrons. The number of fused-ring (bicyclic) bond motifs is 1. The summed E-state index contributed by atoms with van der Waals surface area (Å²) < 4.78 is 11.9. The highest BCUT2D eigenvalue weighted by Crippen LogP contribution is 2.33. The van der Waals surface area contributed by atoms with Crippen molar-refractivity contribution >= 4 is 17.2 Å². The summed E-state index contributed by atoms with van der Waals surface area (Å²) in [6, 6.07) is 7.59. The molecule has 1 amide bonds. The lowest BCUT2D eigenvalue weighted by Gasteiger charge is -2.38. The molecule has 1 saturated carbocycles. The normalized spacial score (nSPS) is 26.8. The molecule has 0 unspecified atom stereocenters. The van der Waals surface area contributed by atoms with E-state index in [-0.39, 0.29) is 24.2 Å². The number of hydrogen-bond donors (Lipinski definition) is 0. The largest absolute Gasteiger partial charge is 0.471 e. The van der Waals surface area contributed by atoms with Crippen molar-refractivity contribution < 1.29 is 14.3 Å². The number of amides is 1. The molecule has 0 aromatic carbocycles. The lowest BCUT2D eigenvalue weighted by atomic mass is 10.1. The molecule has 3 heterocycles. The molecule has 23 heavy (non-hydrogen) atoms. The van der Waals surface area contributed by atoms with Crippen LogP contribution < -0.4 is 4.74 Å². The number of rotatable bonds is 3. The number of hydrogen-bond acceptors (Lipinski definition) is 5. The van der Waals surface area contributed by atoms with E-state index in [9.17, 15) is 4.79 Å². The summed E-state index contributed by atoms with van der Waals surface area (Å²) in [5, 5.41) is 3.84. The second kappa shape index (κ2) is 6.29. The molecule has 2 aliphatic rings. The van der Waals surface area contributed by atoms with Gasteiger partial charge in [-0.15, -0.1) is 0 Å². The second-order valence-corrected chi connectivity index (χ2v) is 6.59. The van der Waals surface area contributed by atoms with Gasteiger partial charge in [0.2, 0.25) is 5.88 Å². The average Bonchev–Trinajstić information content (AvgIpc) is 3.25. The van der Waals surface area contributed by atoms with Gasteiger partial charge in [0.25, 0.3) is 5.91 Å². The third kappa shape index (κ3) is 2.84. The Kier molecular flexibility index (Phi) is 4.01. The van der Waals surface area contributed by atoms with Crippen LogP contribution in [0.15, 0.2) is 41.2 Å². The molecule has 1 aliphatic heterocycles. The Morgan fingerprint density at radius 2 is 2.30 bits per heavy atom. The van der Waals surface area contributed by atoms with Crippen LogP contribution in [0.3, 0.4) is 0 Å². The minimum atomic E-state index is -0.0756. The van der Waals surface area contributed by atoms with E-state index in [1.165, 1.54) is 0 Å². The van der Waals surface area contributed by atoms with Gasteiger partial charge in [0.1, 0.15) is 12.2 Å². The number of morpholine rings is 1. The first kappa shape index (κ1) is 14.7. The quantitative estimate of drug-likeness (QED) is 0.868. The van der Waals surface area contributed by atoms with Gasteiger partial charge in [-0.25, -0.2) is 4.98 Å². The molecule has 2 aromatic rings. The van der Waals surface area contributed by atoms with E-state index in [1.807, 2.05) is 39.9 Å². The van der Waals surface area contributed by atoms with E-state index in [0.29, 0.717) is 19.0 Å². The van der Waals surface area contributed by atoms with Crippen molar-refractivity contribution in [3.63, 3.8) is 0 Å². The third-order valence-electron chi connectivity index (χ3n) is 4.47. The zero-order chi connectivity index (χ0) is 15.6. The van der Waals surface area contributed by atoms with E-state index < -0.39 is 0 Å². The molecule has 2 aromatic heterocycles. The van der Waals surface area contributed by atoms with Gasteiger partial charge in [-0.1, -0.05) is 6.07 Å². The lowest BCUT2D eigenvalue weighted by molar-refractivity contribution is -0.0793. The van der Waals surface area contributed by atoms with Crippen LogP contribution in [-0.4, -0.2) is 47.2 Å². The van der Waals surface area contributed by atoms with Crippen molar-refractivity contribution in [3.8, 4) is 5.88 Å². The number of nitrogens with zero attached hydrogens (tertiary/aromatic N) is 2. The molecule has 0 spiro atoms. The van der Waals surface area contributed by atoms with Crippen LogP contribution >= 0.6 is 11.3 Å². The number of thiophene rings is 1. The Morgan fingerprint density at radius 1 is 1.35 bits per heavy atom. The number of pyridine rings is 1. The molecule has 0 N–H and O–H groups in total. The third-order valence-corrected chi connectivity index (χ3v) is 5.16. The van der Waals surface area contributed by atoms with E-state index in [0.717, 1.165) is 18.4 Å². The first-order chi connectivity index (χ1) is 11.3. The SMILES string of the molecule is O=C(c1ccsc1)N1CCO[C@H]2[C@H]1CC[C@H]2Oc1ccccn1. The predicted molar refractivity (Wildman–Crippen MR) is 86.8 cm³/mol. The highest BCUT2D eigenvalue weighted by Gasteiger charge is 2.45. The van der Waals surface area contributed by atoms with Crippen molar-refractivity contribution in [2.45, 2.75) is 31.1 Å². The van der Waals surface area contributed by atoms with Crippen LogP contribution in [0.2, 0.25) is 0 Å². The Hall–Kier alpha value is -1.92. The molecular weight excluding hydrogens is 312 g/mol. The monoisotopic (exact) mass is 330 g/mol. The van der Waals surface area contributed by atoms with Gasteiger partial charge in [-0.2, -0.15) is 11.3 Å². The molecule has 6 heteroatoms. The highest BCUT2D eigenvalue weighted by molar-refractivity contribution is 7.08. The average molecular weight is 330 g/mol. The number of carbonyl (C=O) groups excluding carboxylic acids is 1.